The summed E-state index contributed by atoms with van der Waals surface area (Å²) < 4.78 is 24.3. The lowest BCUT2D eigenvalue weighted by Gasteiger charge is -2.61. The van der Waals surface area contributed by atoms with Crippen LogP contribution < -0.4 is 0 Å². The van der Waals surface area contributed by atoms with Gasteiger partial charge < -0.3 is 24.1 Å². The van der Waals surface area contributed by atoms with Gasteiger partial charge >= 0.3 is 17.9 Å². The first kappa shape index (κ1) is 24.7. The van der Waals surface area contributed by atoms with Gasteiger partial charge in [-0.05, 0) is 57.1 Å². The molecular formula is C26H34O8. The van der Waals surface area contributed by atoms with Gasteiger partial charge in [-0.15, -0.1) is 0 Å². The lowest BCUT2D eigenvalue weighted by Crippen LogP contribution is -2.74. The molecule has 0 unspecified atom stereocenters. The lowest BCUT2D eigenvalue weighted by molar-refractivity contribution is -0.296. The number of fused-ring (bicyclic) bond motifs is 1. The highest BCUT2D eigenvalue weighted by atomic mass is 16.6. The number of carbonyl (C=O) groups excluding carboxylic acids is 3. The van der Waals surface area contributed by atoms with E-state index in [1.807, 2.05) is 20.8 Å². The molecule has 34 heavy (non-hydrogen) atoms. The van der Waals surface area contributed by atoms with Crippen molar-refractivity contribution in [1.29, 1.82) is 0 Å². The second-order valence-corrected chi connectivity index (χ2v) is 10.5. The zero-order valence-corrected chi connectivity index (χ0v) is 20.4. The quantitative estimate of drug-likeness (QED) is 0.512. The third kappa shape index (κ3) is 3.81. The van der Waals surface area contributed by atoms with E-state index in [9.17, 15) is 19.5 Å². The molecule has 186 valence electrons. The monoisotopic (exact) mass is 474 g/mol. The van der Waals surface area contributed by atoms with E-state index in [0.29, 0.717) is 24.8 Å². The summed E-state index contributed by atoms with van der Waals surface area (Å²) in [6.07, 6.45) is -1.56. The Bertz CT molecular complexity index is 959. The third-order valence-electron chi connectivity index (χ3n) is 8.15. The van der Waals surface area contributed by atoms with Crippen LogP contribution in [0.1, 0.15) is 64.2 Å². The summed E-state index contributed by atoms with van der Waals surface area (Å²) in [7, 11) is 0. The molecule has 2 saturated carbocycles. The number of carbonyl (C=O) groups is 3. The Labute approximate surface area is 199 Å². The van der Waals surface area contributed by atoms with E-state index >= 15 is 0 Å². The molecule has 2 aliphatic carbocycles. The molecule has 4 rings (SSSR count). The number of hydrogen-bond donors (Lipinski definition) is 1. The van der Waals surface area contributed by atoms with Crippen LogP contribution >= 0.6 is 0 Å². The molecule has 1 aromatic carbocycles. The molecule has 0 amide bonds. The van der Waals surface area contributed by atoms with E-state index in [-0.39, 0.29) is 18.4 Å². The van der Waals surface area contributed by atoms with Gasteiger partial charge in [0.05, 0.1) is 22.9 Å². The van der Waals surface area contributed by atoms with Crippen molar-refractivity contribution >= 4 is 17.9 Å². The molecule has 3 aliphatic rings. The zero-order chi connectivity index (χ0) is 24.9. The maximum atomic E-state index is 13.2. The molecule has 1 heterocycles. The number of hydrogen-bond acceptors (Lipinski definition) is 8. The van der Waals surface area contributed by atoms with E-state index in [0.717, 1.165) is 0 Å². The smallest absolute Gasteiger partial charge is 0.338 e. The van der Waals surface area contributed by atoms with Crippen molar-refractivity contribution in [2.24, 2.45) is 17.3 Å². The fraction of sp³-hybridized carbons (Fsp3) is 0.654. The second-order valence-electron chi connectivity index (χ2n) is 10.5. The standard InChI is InChI=1S/C26H34O8/c1-15-11-20(29)22(32-17(3)28)25(14-31-16(2)27)21(33-23(30)18-9-7-6-8-10-18)12-19-13-26(15,25)34-24(19,4)5/h6-10,15,19-22,29H,11-14H2,1-5H3/t15-,19-,20+,21+,22+,25-,26+/m1/s1. The van der Waals surface area contributed by atoms with Crippen molar-refractivity contribution in [3.63, 3.8) is 0 Å². The number of ether oxygens (including phenoxy) is 4. The Morgan fingerprint density at radius 2 is 1.74 bits per heavy atom. The van der Waals surface area contributed by atoms with Crippen LogP contribution in [0.25, 0.3) is 0 Å². The maximum Gasteiger partial charge on any atom is 0.338 e. The average Bonchev–Trinajstić information content (AvgIpc) is 2.99. The van der Waals surface area contributed by atoms with Crippen molar-refractivity contribution in [2.45, 2.75) is 83.4 Å². The first-order chi connectivity index (χ1) is 15.9. The molecule has 2 bridgehead atoms. The van der Waals surface area contributed by atoms with Gasteiger partial charge in [-0.1, -0.05) is 25.1 Å². The van der Waals surface area contributed by atoms with Crippen LogP contribution in [0.5, 0.6) is 0 Å². The van der Waals surface area contributed by atoms with Gasteiger partial charge in [-0.3, -0.25) is 9.59 Å². The summed E-state index contributed by atoms with van der Waals surface area (Å²) in [4.78, 5) is 37.4. The lowest BCUT2D eigenvalue weighted by atomic mass is 9.49. The molecule has 0 radical (unpaired) electrons. The van der Waals surface area contributed by atoms with Crippen molar-refractivity contribution in [2.75, 3.05) is 6.61 Å². The molecule has 8 nitrogen and oxygen atoms in total. The summed E-state index contributed by atoms with van der Waals surface area (Å²) in [5.41, 5.74) is -2.38. The Morgan fingerprint density at radius 3 is 2.35 bits per heavy atom. The Morgan fingerprint density at radius 1 is 1.06 bits per heavy atom. The fourth-order valence-electron chi connectivity index (χ4n) is 6.61. The predicted molar refractivity (Wildman–Crippen MR) is 121 cm³/mol. The average molecular weight is 475 g/mol. The molecule has 1 saturated heterocycles. The molecule has 1 N–H and O–H groups in total. The van der Waals surface area contributed by atoms with E-state index in [1.165, 1.54) is 13.8 Å². The van der Waals surface area contributed by atoms with Gasteiger partial charge in [0.15, 0.2) is 0 Å². The fourth-order valence-corrected chi connectivity index (χ4v) is 6.61. The van der Waals surface area contributed by atoms with Crippen LogP contribution in [-0.2, 0) is 28.5 Å². The first-order valence-corrected chi connectivity index (χ1v) is 11.9. The van der Waals surface area contributed by atoms with Crippen LogP contribution in [0.15, 0.2) is 30.3 Å². The van der Waals surface area contributed by atoms with Crippen LogP contribution in [-0.4, -0.2) is 59.1 Å². The molecule has 0 aromatic heterocycles. The molecule has 3 fully saturated rings. The van der Waals surface area contributed by atoms with Crippen LogP contribution in [0.3, 0.4) is 0 Å². The van der Waals surface area contributed by atoms with Crippen molar-refractivity contribution in [3.05, 3.63) is 35.9 Å². The number of aliphatic hydroxyl groups excluding tert-OH is 1. The predicted octanol–water partition coefficient (Wildman–Crippen LogP) is 3.05. The minimum absolute atomic E-state index is 0.0576. The number of esters is 3. The normalized spacial score (nSPS) is 37.9. The van der Waals surface area contributed by atoms with E-state index < -0.39 is 52.8 Å². The molecule has 8 heteroatoms. The minimum Gasteiger partial charge on any atom is -0.465 e. The summed E-state index contributed by atoms with van der Waals surface area (Å²) in [6, 6.07) is 8.63. The zero-order valence-electron chi connectivity index (χ0n) is 20.4. The van der Waals surface area contributed by atoms with Crippen LogP contribution in [0, 0.1) is 17.3 Å². The van der Waals surface area contributed by atoms with Crippen LogP contribution in [0.2, 0.25) is 0 Å². The van der Waals surface area contributed by atoms with Crippen LogP contribution in [0.4, 0.5) is 0 Å². The second kappa shape index (κ2) is 8.64. The minimum atomic E-state index is -1.28. The summed E-state index contributed by atoms with van der Waals surface area (Å²) in [6.45, 7) is 8.34. The first-order valence-electron chi connectivity index (χ1n) is 11.9. The largest absolute Gasteiger partial charge is 0.465 e. The maximum absolute atomic E-state index is 13.2. The molecule has 1 aliphatic heterocycles. The SMILES string of the molecule is CC(=O)OC[C@]12[C@@H](OC(=O)c3ccccc3)C[C@@H]3C[C@]1(OC3(C)C)[C@H](C)C[C@H](O)[C@@H]2OC(C)=O. The van der Waals surface area contributed by atoms with Crippen molar-refractivity contribution < 1.29 is 38.4 Å². The Balaban J connectivity index is 1.88. The van der Waals surface area contributed by atoms with Gasteiger partial charge in [-0.25, -0.2) is 4.79 Å². The van der Waals surface area contributed by atoms with Crippen molar-refractivity contribution in [1.82, 2.24) is 0 Å². The summed E-state index contributed by atoms with van der Waals surface area (Å²) in [5.74, 6) is -1.75. The Hall–Kier alpha value is -2.45. The highest BCUT2D eigenvalue weighted by molar-refractivity contribution is 5.89. The summed E-state index contributed by atoms with van der Waals surface area (Å²) in [5, 5.41) is 11.2. The van der Waals surface area contributed by atoms with Crippen molar-refractivity contribution in [3.8, 4) is 0 Å². The number of aliphatic hydroxyl groups is 1. The molecule has 1 aromatic rings. The van der Waals surface area contributed by atoms with Gasteiger partial charge in [0, 0.05) is 13.8 Å². The van der Waals surface area contributed by atoms with Gasteiger partial charge in [0.1, 0.15) is 24.2 Å². The Kier molecular flexibility index (Phi) is 6.27. The van der Waals surface area contributed by atoms with E-state index in [4.69, 9.17) is 18.9 Å². The number of rotatable bonds is 5. The molecular weight excluding hydrogens is 440 g/mol. The van der Waals surface area contributed by atoms with E-state index in [2.05, 4.69) is 0 Å². The highest BCUT2D eigenvalue weighted by Gasteiger charge is 2.77. The van der Waals surface area contributed by atoms with E-state index in [1.54, 1.807) is 30.3 Å². The third-order valence-corrected chi connectivity index (χ3v) is 8.15. The van der Waals surface area contributed by atoms with Gasteiger partial charge in [0.25, 0.3) is 0 Å². The summed E-state index contributed by atoms with van der Waals surface area (Å²) >= 11 is 0. The van der Waals surface area contributed by atoms with Gasteiger partial charge in [-0.2, -0.15) is 0 Å². The van der Waals surface area contributed by atoms with Gasteiger partial charge in [0.2, 0.25) is 0 Å². The molecule has 7 atom stereocenters. The molecule has 1 spiro atoms. The number of benzene rings is 1. The highest BCUT2D eigenvalue weighted by Crippen LogP contribution is 2.67. The topological polar surface area (TPSA) is 108 Å².